The van der Waals surface area contributed by atoms with Crippen molar-refractivity contribution >= 4 is 5.91 Å². The molecule has 1 N–H and O–H groups in total. The summed E-state index contributed by atoms with van der Waals surface area (Å²) in [4.78, 5) is 11.7. The Morgan fingerprint density at radius 1 is 1.25 bits per heavy atom. The van der Waals surface area contributed by atoms with Crippen LogP contribution in [-0.4, -0.2) is 12.5 Å². The number of amides is 1. The fourth-order valence-corrected chi connectivity index (χ4v) is 1.26. The van der Waals surface area contributed by atoms with Crippen LogP contribution in [0.5, 0.6) is 0 Å². The molecule has 0 atom stereocenters. The fraction of sp³-hybridized carbons (Fsp3) is 0.429. The van der Waals surface area contributed by atoms with Crippen LogP contribution in [0.1, 0.15) is 36.7 Å². The van der Waals surface area contributed by atoms with Crippen molar-refractivity contribution in [3.8, 4) is 0 Å². The molecule has 0 bridgehead atoms. The Morgan fingerprint density at radius 3 is 2.31 bits per heavy atom. The third kappa shape index (κ3) is 4.47. The summed E-state index contributed by atoms with van der Waals surface area (Å²) in [6.45, 7) is 8.96. The molecule has 1 amide bonds. The van der Waals surface area contributed by atoms with Crippen molar-refractivity contribution in [1.29, 1.82) is 0 Å². The largest absolute Gasteiger partial charge is 0.352 e. The number of aryl methyl sites for hydroxylation is 1. The smallest absolute Gasteiger partial charge is 0.251 e. The van der Waals surface area contributed by atoms with E-state index in [2.05, 4.69) is 32.5 Å². The molecule has 1 aromatic carbocycles. The van der Waals surface area contributed by atoms with Crippen molar-refractivity contribution in [1.82, 2.24) is 5.32 Å². The van der Waals surface area contributed by atoms with Gasteiger partial charge < -0.3 is 5.32 Å². The molecular weight excluding hydrogens is 198 g/mol. The number of hydrogen-bond acceptors (Lipinski definition) is 1. The molecule has 2 heteroatoms. The van der Waals surface area contributed by atoms with Crippen LogP contribution in [0.2, 0.25) is 0 Å². The first-order valence-corrected chi connectivity index (χ1v) is 5.58. The molecule has 0 spiro atoms. The van der Waals surface area contributed by atoms with Gasteiger partial charge in [-0.3, -0.25) is 4.79 Å². The Balaban J connectivity index is 2.44. The quantitative estimate of drug-likeness (QED) is 0.830. The molecule has 2 nitrogen and oxygen atoms in total. The molecule has 0 aromatic heterocycles. The second-order valence-corrected chi connectivity index (χ2v) is 5.15. The van der Waals surface area contributed by atoms with Crippen LogP contribution in [0.3, 0.4) is 0 Å². The molecule has 0 fully saturated rings. The van der Waals surface area contributed by atoms with Crippen LogP contribution >= 0.6 is 0 Å². The van der Waals surface area contributed by atoms with E-state index in [4.69, 9.17) is 0 Å². The highest BCUT2D eigenvalue weighted by Crippen LogP contribution is 2.15. The van der Waals surface area contributed by atoms with E-state index in [0.29, 0.717) is 12.1 Å². The minimum Gasteiger partial charge on any atom is -0.352 e. The van der Waals surface area contributed by atoms with Gasteiger partial charge >= 0.3 is 0 Å². The minimum absolute atomic E-state index is 0.0134. The van der Waals surface area contributed by atoms with Crippen molar-refractivity contribution in [2.24, 2.45) is 5.41 Å². The van der Waals surface area contributed by atoms with Crippen molar-refractivity contribution in [2.75, 3.05) is 6.54 Å². The number of nitrogens with one attached hydrogen (secondary N) is 1. The van der Waals surface area contributed by atoms with Gasteiger partial charge in [-0.1, -0.05) is 38.5 Å². The first kappa shape index (κ1) is 12.8. The summed E-state index contributed by atoms with van der Waals surface area (Å²) in [6.07, 6.45) is 2.10. The summed E-state index contributed by atoms with van der Waals surface area (Å²) < 4.78 is 0. The third-order valence-corrected chi connectivity index (χ3v) is 2.29. The topological polar surface area (TPSA) is 29.1 Å². The fourth-order valence-electron chi connectivity index (χ4n) is 1.26. The first-order chi connectivity index (χ1) is 7.38. The van der Waals surface area contributed by atoms with Gasteiger partial charge in [-0.15, -0.1) is 0 Å². The highest BCUT2D eigenvalue weighted by molar-refractivity contribution is 5.94. The summed E-state index contributed by atoms with van der Waals surface area (Å²) in [5.41, 5.74) is 2.02. The van der Waals surface area contributed by atoms with E-state index in [1.807, 2.05) is 31.2 Å². The van der Waals surface area contributed by atoms with Crippen molar-refractivity contribution in [3.63, 3.8) is 0 Å². The van der Waals surface area contributed by atoms with E-state index in [-0.39, 0.29) is 11.3 Å². The van der Waals surface area contributed by atoms with Gasteiger partial charge in [0, 0.05) is 12.1 Å². The SMILES string of the molecule is Cc1ccc(C(=O)NC[CH]C(C)(C)C)cc1. The average molecular weight is 218 g/mol. The predicted molar refractivity (Wildman–Crippen MR) is 67.3 cm³/mol. The van der Waals surface area contributed by atoms with Crippen LogP contribution in [0, 0.1) is 18.8 Å². The summed E-state index contributed by atoms with van der Waals surface area (Å²) in [6, 6.07) is 7.59. The highest BCUT2D eigenvalue weighted by Gasteiger charge is 2.11. The van der Waals surface area contributed by atoms with E-state index in [0.717, 1.165) is 5.56 Å². The lowest BCUT2D eigenvalue weighted by atomic mass is 9.92. The molecule has 0 saturated heterocycles. The molecular formula is C14H20NO. The lowest BCUT2D eigenvalue weighted by Gasteiger charge is -2.17. The zero-order valence-electron chi connectivity index (χ0n) is 10.5. The Hall–Kier alpha value is -1.31. The molecule has 1 aromatic rings. The maximum absolute atomic E-state index is 11.7. The van der Waals surface area contributed by atoms with Crippen LogP contribution in [-0.2, 0) is 0 Å². The summed E-state index contributed by atoms with van der Waals surface area (Å²) in [5.74, 6) is -0.0134. The molecule has 0 aliphatic rings. The van der Waals surface area contributed by atoms with Gasteiger partial charge in [0.1, 0.15) is 0 Å². The summed E-state index contributed by atoms with van der Waals surface area (Å²) in [7, 11) is 0. The molecule has 87 valence electrons. The lowest BCUT2D eigenvalue weighted by Crippen LogP contribution is -2.27. The monoisotopic (exact) mass is 218 g/mol. The number of hydrogen-bond donors (Lipinski definition) is 1. The maximum atomic E-state index is 11.7. The van der Waals surface area contributed by atoms with Gasteiger partial charge in [-0.05, 0) is 30.9 Å². The van der Waals surface area contributed by atoms with Gasteiger partial charge in [-0.2, -0.15) is 0 Å². The Morgan fingerprint density at radius 2 is 1.81 bits per heavy atom. The molecule has 1 radical (unpaired) electrons. The van der Waals surface area contributed by atoms with Gasteiger partial charge in [0.25, 0.3) is 5.91 Å². The first-order valence-electron chi connectivity index (χ1n) is 5.58. The summed E-state index contributed by atoms with van der Waals surface area (Å²) >= 11 is 0. The van der Waals surface area contributed by atoms with Gasteiger partial charge in [-0.25, -0.2) is 0 Å². The third-order valence-electron chi connectivity index (χ3n) is 2.29. The van der Waals surface area contributed by atoms with Crippen LogP contribution in [0.15, 0.2) is 24.3 Å². The predicted octanol–water partition coefficient (Wildman–Crippen LogP) is 2.98. The molecule has 0 unspecified atom stereocenters. The summed E-state index contributed by atoms with van der Waals surface area (Å²) in [5, 5.41) is 2.88. The molecule has 0 saturated carbocycles. The van der Waals surface area contributed by atoms with E-state index < -0.39 is 0 Å². The van der Waals surface area contributed by atoms with Gasteiger partial charge in [0.2, 0.25) is 0 Å². The Kier molecular flexibility index (Phi) is 4.11. The van der Waals surface area contributed by atoms with Gasteiger partial charge in [0.15, 0.2) is 0 Å². The zero-order chi connectivity index (χ0) is 12.2. The normalized spacial score (nSPS) is 11.2. The Bertz CT molecular complexity index is 346. The van der Waals surface area contributed by atoms with E-state index in [1.165, 1.54) is 0 Å². The molecule has 0 heterocycles. The molecule has 0 aliphatic heterocycles. The number of carbonyl (C=O) groups is 1. The van der Waals surface area contributed by atoms with Crippen LogP contribution in [0.25, 0.3) is 0 Å². The number of benzene rings is 1. The van der Waals surface area contributed by atoms with Crippen molar-refractivity contribution in [2.45, 2.75) is 27.7 Å². The highest BCUT2D eigenvalue weighted by atomic mass is 16.1. The average Bonchev–Trinajstić information content (AvgIpc) is 2.16. The van der Waals surface area contributed by atoms with Crippen LogP contribution in [0.4, 0.5) is 0 Å². The second kappa shape index (κ2) is 5.15. The van der Waals surface area contributed by atoms with Crippen LogP contribution < -0.4 is 5.32 Å². The number of rotatable bonds is 3. The number of carbonyl (C=O) groups excluding carboxylic acids is 1. The second-order valence-electron chi connectivity index (χ2n) is 5.15. The van der Waals surface area contributed by atoms with Gasteiger partial charge in [0.05, 0.1) is 0 Å². The molecule has 1 rings (SSSR count). The van der Waals surface area contributed by atoms with E-state index in [9.17, 15) is 4.79 Å². The lowest BCUT2D eigenvalue weighted by molar-refractivity contribution is 0.0955. The molecule has 16 heavy (non-hydrogen) atoms. The molecule has 0 aliphatic carbocycles. The minimum atomic E-state index is -0.0134. The maximum Gasteiger partial charge on any atom is 0.251 e. The standard InChI is InChI=1S/C14H20NO/c1-11-5-7-12(8-6-11)13(16)15-10-9-14(2,3)4/h5-9H,10H2,1-4H3,(H,15,16). The Labute approximate surface area is 98.1 Å². The van der Waals surface area contributed by atoms with Crippen molar-refractivity contribution < 1.29 is 4.79 Å². The van der Waals surface area contributed by atoms with E-state index in [1.54, 1.807) is 0 Å². The van der Waals surface area contributed by atoms with E-state index >= 15 is 0 Å². The van der Waals surface area contributed by atoms with Crippen molar-refractivity contribution in [3.05, 3.63) is 41.8 Å². The zero-order valence-corrected chi connectivity index (χ0v) is 10.5.